The molecular formula is C14H16N2S2. The third kappa shape index (κ3) is 2.40. The third-order valence-electron chi connectivity index (χ3n) is 3.30. The topological polar surface area (TPSA) is 38.9 Å². The molecule has 0 saturated heterocycles. The minimum atomic E-state index is 0.670. The molecule has 18 heavy (non-hydrogen) atoms. The molecule has 2 N–H and O–H groups in total. The maximum absolute atomic E-state index is 5.72. The first-order valence-corrected chi connectivity index (χ1v) is 7.99. The van der Waals surface area contributed by atoms with Gasteiger partial charge >= 0.3 is 0 Å². The van der Waals surface area contributed by atoms with Crippen molar-refractivity contribution in [3.8, 4) is 0 Å². The van der Waals surface area contributed by atoms with E-state index in [0.717, 1.165) is 11.4 Å². The van der Waals surface area contributed by atoms with Crippen LogP contribution in [0.25, 0.3) is 0 Å². The van der Waals surface area contributed by atoms with E-state index in [0.29, 0.717) is 5.13 Å². The molecule has 0 radical (unpaired) electrons. The Kier molecular flexibility index (Phi) is 3.31. The number of aryl methyl sites for hydroxylation is 3. The molecule has 1 aliphatic rings. The van der Waals surface area contributed by atoms with Gasteiger partial charge < -0.3 is 5.73 Å². The predicted molar refractivity (Wildman–Crippen MR) is 79.3 cm³/mol. The van der Waals surface area contributed by atoms with Gasteiger partial charge in [0, 0.05) is 5.75 Å². The fourth-order valence-electron chi connectivity index (χ4n) is 2.40. The van der Waals surface area contributed by atoms with E-state index >= 15 is 0 Å². The molecule has 1 aromatic heterocycles. The number of nitrogen functional groups attached to an aromatic ring is 1. The Labute approximate surface area is 116 Å². The van der Waals surface area contributed by atoms with Crippen molar-refractivity contribution in [1.82, 2.24) is 4.98 Å². The molecule has 3 rings (SSSR count). The standard InChI is InChI=1S/C14H16N2S2/c1-9-13(18-14(15)16-9)17-8-10-5-6-11-3-2-4-12(11)7-10/h5-7H,2-4,8H2,1H3,(H2,15,16). The Balaban J connectivity index is 1.72. The number of fused-ring (bicyclic) bond motifs is 1. The van der Waals surface area contributed by atoms with Gasteiger partial charge in [-0.3, -0.25) is 0 Å². The summed E-state index contributed by atoms with van der Waals surface area (Å²) in [6, 6.07) is 6.93. The first-order chi connectivity index (χ1) is 8.72. The van der Waals surface area contributed by atoms with Gasteiger partial charge in [-0.1, -0.05) is 29.5 Å². The molecule has 1 aliphatic carbocycles. The molecule has 0 atom stereocenters. The summed E-state index contributed by atoms with van der Waals surface area (Å²) in [4.78, 5) is 4.26. The van der Waals surface area contributed by atoms with Crippen molar-refractivity contribution in [1.29, 1.82) is 0 Å². The number of thioether (sulfide) groups is 1. The summed E-state index contributed by atoms with van der Waals surface area (Å²) < 4.78 is 1.24. The highest BCUT2D eigenvalue weighted by Crippen LogP contribution is 2.33. The van der Waals surface area contributed by atoms with E-state index in [-0.39, 0.29) is 0 Å². The maximum Gasteiger partial charge on any atom is 0.181 e. The van der Waals surface area contributed by atoms with E-state index in [9.17, 15) is 0 Å². The average molecular weight is 276 g/mol. The van der Waals surface area contributed by atoms with Gasteiger partial charge in [-0.2, -0.15) is 0 Å². The van der Waals surface area contributed by atoms with Crippen LogP contribution in [-0.2, 0) is 18.6 Å². The number of aromatic nitrogens is 1. The molecule has 2 nitrogen and oxygen atoms in total. The highest BCUT2D eigenvalue weighted by atomic mass is 32.2. The van der Waals surface area contributed by atoms with Crippen LogP contribution in [0.3, 0.4) is 0 Å². The number of rotatable bonds is 3. The van der Waals surface area contributed by atoms with Crippen LogP contribution in [0.15, 0.2) is 22.4 Å². The lowest BCUT2D eigenvalue weighted by atomic mass is 10.1. The van der Waals surface area contributed by atoms with Gasteiger partial charge in [0.05, 0.1) is 9.90 Å². The Morgan fingerprint density at radius 3 is 2.94 bits per heavy atom. The molecule has 0 fully saturated rings. The van der Waals surface area contributed by atoms with Crippen LogP contribution in [0.1, 0.15) is 28.8 Å². The smallest absolute Gasteiger partial charge is 0.181 e. The SMILES string of the molecule is Cc1nc(N)sc1SCc1ccc2c(c1)CCC2. The van der Waals surface area contributed by atoms with Crippen molar-refractivity contribution in [2.75, 3.05) is 5.73 Å². The molecule has 0 bridgehead atoms. The quantitative estimate of drug-likeness (QED) is 0.866. The van der Waals surface area contributed by atoms with Gasteiger partial charge in [0.15, 0.2) is 5.13 Å². The van der Waals surface area contributed by atoms with Crippen molar-refractivity contribution in [3.05, 3.63) is 40.6 Å². The first-order valence-electron chi connectivity index (χ1n) is 6.19. The molecule has 1 aromatic carbocycles. The molecule has 2 aromatic rings. The van der Waals surface area contributed by atoms with Crippen molar-refractivity contribution in [2.45, 2.75) is 36.1 Å². The lowest BCUT2D eigenvalue weighted by Crippen LogP contribution is -1.86. The van der Waals surface area contributed by atoms with Crippen molar-refractivity contribution in [2.24, 2.45) is 0 Å². The Morgan fingerprint density at radius 1 is 1.33 bits per heavy atom. The monoisotopic (exact) mass is 276 g/mol. The fourth-order valence-corrected chi connectivity index (χ4v) is 4.37. The number of hydrogen-bond donors (Lipinski definition) is 1. The number of thiazole rings is 1. The summed E-state index contributed by atoms with van der Waals surface area (Å²) in [6.45, 7) is 2.03. The number of nitrogens with two attached hydrogens (primary N) is 1. The zero-order valence-electron chi connectivity index (χ0n) is 10.4. The normalized spacial score (nSPS) is 13.8. The van der Waals surface area contributed by atoms with Crippen LogP contribution in [0.5, 0.6) is 0 Å². The van der Waals surface area contributed by atoms with Gasteiger partial charge in [-0.25, -0.2) is 4.98 Å². The average Bonchev–Trinajstić information content (AvgIpc) is 2.92. The fraction of sp³-hybridized carbons (Fsp3) is 0.357. The van der Waals surface area contributed by atoms with Crippen LogP contribution >= 0.6 is 23.1 Å². The minimum Gasteiger partial charge on any atom is -0.375 e. The van der Waals surface area contributed by atoms with Crippen molar-refractivity contribution in [3.63, 3.8) is 0 Å². The zero-order chi connectivity index (χ0) is 12.5. The minimum absolute atomic E-state index is 0.670. The second kappa shape index (κ2) is 4.94. The van der Waals surface area contributed by atoms with Gasteiger partial charge in [0.2, 0.25) is 0 Å². The molecule has 0 saturated carbocycles. The van der Waals surface area contributed by atoms with Gasteiger partial charge in [0.1, 0.15) is 0 Å². The molecule has 1 heterocycles. The van der Waals surface area contributed by atoms with Gasteiger partial charge in [-0.15, -0.1) is 11.8 Å². The van der Waals surface area contributed by atoms with E-state index < -0.39 is 0 Å². The highest BCUT2D eigenvalue weighted by Gasteiger charge is 2.11. The van der Waals surface area contributed by atoms with Crippen LogP contribution in [0, 0.1) is 6.92 Å². The molecular weight excluding hydrogens is 260 g/mol. The van der Waals surface area contributed by atoms with E-state index in [1.807, 2.05) is 18.7 Å². The maximum atomic E-state index is 5.72. The van der Waals surface area contributed by atoms with Crippen LogP contribution in [-0.4, -0.2) is 4.98 Å². The lowest BCUT2D eigenvalue weighted by molar-refractivity contribution is 0.911. The summed E-state index contributed by atoms with van der Waals surface area (Å²) in [6.07, 6.45) is 3.82. The van der Waals surface area contributed by atoms with Gasteiger partial charge in [-0.05, 0) is 42.9 Å². The number of anilines is 1. The molecule has 0 unspecified atom stereocenters. The van der Waals surface area contributed by atoms with Gasteiger partial charge in [0.25, 0.3) is 0 Å². The molecule has 0 aliphatic heterocycles. The molecule has 4 heteroatoms. The summed E-state index contributed by atoms with van der Waals surface area (Å²) in [5.74, 6) is 1.01. The Hall–Kier alpha value is -1.00. The lowest BCUT2D eigenvalue weighted by Gasteiger charge is -2.04. The summed E-state index contributed by atoms with van der Waals surface area (Å²) in [5.41, 5.74) is 11.3. The molecule has 0 spiro atoms. The Bertz CT molecular complexity index is 575. The summed E-state index contributed by atoms with van der Waals surface area (Å²) >= 11 is 3.43. The predicted octanol–water partition coefficient (Wildman–Crippen LogP) is 3.81. The Morgan fingerprint density at radius 2 is 2.17 bits per heavy atom. The van der Waals surface area contributed by atoms with E-state index in [4.69, 9.17) is 5.73 Å². The largest absolute Gasteiger partial charge is 0.375 e. The second-order valence-corrected chi connectivity index (χ2v) is 6.94. The summed E-state index contributed by atoms with van der Waals surface area (Å²) in [5, 5.41) is 0.670. The summed E-state index contributed by atoms with van der Waals surface area (Å²) in [7, 11) is 0. The number of nitrogens with zero attached hydrogens (tertiary/aromatic N) is 1. The van der Waals surface area contributed by atoms with Crippen molar-refractivity contribution >= 4 is 28.2 Å². The number of hydrogen-bond acceptors (Lipinski definition) is 4. The molecule has 94 valence electrons. The van der Waals surface area contributed by atoms with E-state index in [1.54, 1.807) is 22.5 Å². The van der Waals surface area contributed by atoms with E-state index in [1.165, 1.54) is 29.0 Å². The molecule has 0 amide bonds. The number of benzene rings is 1. The first kappa shape index (κ1) is 12.1. The van der Waals surface area contributed by atoms with Crippen LogP contribution in [0.4, 0.5) is 5.13 Å². The van der Waals surface area contributed by atoms with Crippen LogP contribution < -0.4 is 5.73 Å². The van der Waals surface area contributed by atoms with Crippen LogP contribution in [0.2, 0.25) is 0 Å². The van der Waals surface area contributed by atoms with E-state index in [2.05, 4.69) is 23.2 Å². The second-order valence-electron chi connectivity index (χ2n) is 4.67. The van der Waals surface area contributed by atoms with Crippen molar-refractivity contribution < 1.29 is 0 Å². The zero-order valence-corrected chi connectivity index (χ0v) is 12.0. The highest BCUT2D eigenvalue weighted by molar-refractivity contribution is 8.00. The third-order valence-corrected chi connectivity index (χ3v) is 5.72.